The summed E-state index contributed by atoms with van der Waals surface area (Å²) in [6, 6.07) is 0. The Morgan fingerprint density at radius 1 is 1.36 bits per heavy atom. The average Bonchev–Trinajstić information content (AvgIpc) is 3.25. The molecule has 8 nitrogen and oxygen atoms in total. The number of hydrogen-bond acceptors (Lipinski definition) is 6. The first kappa shape index (κ1) is 22.1. The van der Waals surface area contributed by atoms with Crippen LogP contribution in [0, 0.1) is 11.8 Å². The van der Waals surface area contributed by atoms with Crippen LogP contribution < -0.4 is 10.2 Å². The Balaban J connectivity index is 0.00000136. The van der Waals surface area contributed by atoms with Gasteiger partial charge in [0.15, 0.2) is 17.0 Å². The molecule has 0 spiro atoms. The molecule has 156 valence electrons. The standard InChI is InChI=1S/C18H28N6O2.C2H6/c1-7-12-8-11(4)17(26-12)24-9-19-13-14(23(5)6)20-18(21-15(13)24)22-16(25)10(2)3;1-2/h9-12,17H,7-8H2,1-6H3,(H,20,21,22,25);1-2H3/t11-,12+,17+;/m0./s1. The normalized spacial score (nSPS) is 21.5. The highest BCUT2D eigenvalue weighted by atomic mass is 16.5. The van der Waals surface area contributed by atoms with Gasteiger partial charge in [0.1, 0.15) is 6.23 Å². The Bertz CT molecular complexity index is 801. The Hall–Kier alpha value is -2.22. The van der Waals surface area contributed by atoms with Gasteiger partial charge in [0.2, 0.25) is 11.9 Å². The highest BCUT2D eigenvalue weighted by molar-refractivity contribution is 5.92. The molecule has 1 fully saturated rings. The number of nitrogens with one attached hydrogen (secondary N) is 1. The van der Waals surface area contributed by atoms with E-state index in [1.54, 1.807) is 6.33 Å². The van der Waals surface area contributed by atoms with Crippen LogP contribution in [0.5, 0.6) is 0 Å². The van der Waals surface area contributed by atoms with Gasteiger partial charge in [-0.25, -0.2) is 4.98 Å². The number of anilines is 2. The minimum atomic E-state index is -0.148. The minimum Gasteiger partial charge on any atom is -0.361 e. The molecule has 0 radical (unpaired) electrons. The molecule has 3 rings (SSSR count). The van der Waals surface area contributed by atoms with Crippen molar-refractivity contribution in [2.24, 2.45) is 11.8 Å². The van der Waals surface area contributed by atoms with Crippen LogP contribution in [0.1, 0.15) is 60.6 Å². The lowest BCUT2D eigenvalue weighted by molar-refractivity contribution is -0.118. The molecule has 0 bridgehead atoms. The van der Waals surface area contributed by atoms with Gasteiger partial charge in [0, 0.05) is 25.9 Å². The first-order valence-electron chi connectivity index (χ1n) is 10.2. The molecule has 0 saturated carbocycles. The maximum absolute atomic E-state index is 12.1. The largest absolute Gasteiger partial charge is 0.361 e. The number of carbonyl (C=O) groups excluding carboxylic acids is 1. The zero-order chi connectivity index (χ0) is 21.0. The van der Waals surface area contributed by atoms with Gasteiger partial charge >= 0.3 is 0 Å². The molecule has 1 N–H and O–H groups in total. The van der Waals surface area contributed by atoms with Gasteiger partial charge in [0.05, 0.1) is 12.4 Å². The summed E-state index contributed by atoms with van der Waals surface area (Å²) in [5.41, 5.74) is 1.38. The molecule has 3 atom stereocenters. The molecule has 0 unspecified atom stereocenters. The summed E-state index contributed by atoms with van der Waals surface area (Å²) < 4.78 is 8.16. The molecule has 8 heteroatoms. The van der Waals surface area contributed by atoms with Crippen LogP contribution in [0.25, 0.3) is 11.2 Å². The first-order chi connectivity index (χ1) is 13.3. The number of hydrogen-bond donors (Lipinski definition) is 1. The van der Waals surface area contributed by atoms with Crippen LogP contribution in [-0.4, -0.2) is 45.6 Å². The van der Waals surface area contributed by atoms with E-state index >= 15 is 0 Å². The summed E-state index contributed by atoms with van der Waals surface area (Å²) >= 11 is 0. The van der Waals surface area contributed by atoms with Gasteiger partial charge in [-0.2, -0.15) is 9.97 Å². The van der Waals surface area contributed by atoms with Crippen LogP contribution in [0.2, 0.25) is 0 Å². The van der Waals surface area contributed by atoms with Crippen molar-refractivity contribution in [3.63, 3.8) is 0 Å². The summed E-state index contributed by atoms with van der Waals surface area (Å²) in [6.45, 7) is 12.0. The monoisotopic (exact) mass is 390 g/mol. The van der Waals surface area contributed by atoms with E-state index < -0.39 is 0 Å². The van der Waals surface area contributed by atoms with E-state index in [0.717, 1.165) is 12.8 Å². The van der Waals surface area contributed by atoms with Crippen molar-refractivity contribution >= 4 is 28.8 Å². The maximum atomic E-state index is 12.1. The van der Waals surface area contributed by atoms with Crippen LogP contribution in [0.4, 0.5) is 11.8 Å². The molecule has 1 saturated heterocycles. The summed E-state index contributed by atoms with van der Waals surface area (Å²) in [4.78, 5) is 27.6. The van der Waals surface area contributed by atoms with Crippen molar-refractivity contribution < 1.29 is 9.53 Å². The van der Waals surface area contributed by atoms with Gasteiger partial charge in [0.25, 0.3) is 0 Å². The zero-order valence-corrected chi connectivity index (χ0v) is 18.4. The lowest BCUT2D eigenvalue weighted by atomic mass is 10.0. The molecule has 0 aliphatic carbocycles. The second kappa shape index (κ2) is 9.32. The molecule has 2 aromatic heterocycles. The molecule has 1 aliphatic heterocycles. The van der Waals surface area contributed by atoms with Gasteiger partial charge in [-0.05, 0) is 12.8 Å². The van der Waals surface area contributed by atoms with E-state index in [1.807, 2.05) is 51.3 Å². The van der Waals surface area contributed by atoms with Crippen molar-refractivity contribution in [3.8, 4) is 0 Å². The van der Waals surface area contributed by atoms with E-state index in [9.17, 15) is 4.79 Å². The summed E-state index contributed by atoms with van der Waals surface area (Å²) in [5.74, 6) is 1.07. The van der Waals surface area contributed by atoms with Crippen LogP contribution in [-0.2, 0) is 9.53 Å². The predicted octanol–water partition coefficient (Wildman–Crippen LogP) is 3.85. The van der Waals surface area contributed by atoms with Gasteiger partial charge in [-0.15, -0.1) is 0 Å². The zero-order valence-electron chi connectivity index (χ0n) is 18.4. The van der Waals surface area contributed by atoms with Crippen molar-refractivity contribution in [1.82, 2.24) is 19.5 Å². The number of aromatic nitrogens is 4. The Kier molecular flexibility index (Phi) is 7.35. The molecule has 28 heavy (non-hydrogen) atoms. The maximum Gasteiger partial charge on any atom is 0.233 e. The fourth-order valence-electron chi connectivity index (χ4n) is 3.23. The highest BCUT2D eigenvalue weighted by Gasteiger charge is 2.34. The first-order valence-corrected chi connectivity index (χ1v) is 10.2. The van der Waals surface area contributed by atoms with Crippen LogP contribution in [0.15, 0.2) is 6.33 Å². The van der Waals surface area contributed by atoms with E-state index in [1.165, 1.54) is 0 Å². The fourth-order valence-corrected chi connectivity index (χ4v) is 3.23. The van der Waals surface area contributed by atoms with Gasteiger partial charge < -0.3 is 9.64 Å². The quantitative estimate of drug-likeness (QED) is 0.835. The topological polar surface area (TPSA) is 85.2 Å². The third-order valence-electron chi connectivity index (χ3n) is 4.77. The lowest BCUT2D eigenvalue weighted by Gasteiger charge is -2.19. The SMILES string of the molecule is CC.CC[C@@H]1C[C@H](C)[C@H](n2cnc3c(N(C)C)nc(NC(=O)C(C)C)nc32)O1. The Morgan fingerprint density at radius 3 is 2.57 bits per heavy atom. The van der Waals surface area contributed by atoms with E-state index in [4.69, 9.17) is 4.74 Å². The number of amides is 1. The smallest absolute Gasteiger partial charge is 0.233 e. The number of fused-ring (bicyclic) bond motifs is 1. The summed E-state index contributed by atoms with van der Waals surface area (Å²) in [5, 5.41) is 2.80. The molecule has 1 aliphatic rings. The van der Waals surface area contributed by atoms with Crippen molar-refractivity contribution in [2.45, 2.75) is 66.7 Å². The lowest BCUT2D eigenvalue weighted by Crippen LogP contribution is -2.21. The van der Waals surface area contributed by atoms with E-state index in [2.05, 4.69) is 34.1 Å². The molecule has 3 heterocycles. The minimum absolute atomic E-state index is 0.108. The second-order valence-electron chi connectivity index (χ2n) is 7.50. The number of ether oxygens (including phenoxy) is 1. The Morgan fingerprint density at radius 2 is 2.04 bits per heavy atom. The summed E-state index contributed by atoms with van der Waals surface area (Å²) in [7, 11) is 3.80. The molecule has 0 aromatic carbocycles. The molecule has 2 aromatic rings. The predicted molar refractivity (Wildman–Crippen MR) is 112 cm³/mol. The van der Waals surface area contributed by atoms with Crippen LogP contribution in [0.3, 0.4) is 0 Å². The third-order valence-corrected chi connectivity index (χ3v) is 4.77. The van der Waals surface area contributed by atoms with Crippen molar-refractivity contribution in [3.05, 3.63) is 6.33 Å². The van der Waals surface area contributed by atoms with Crippen LogP contribution >= 0.6 is 0 Å². The Labute approximate surface area is 167 Å². The fraction of sp³-hybridized carbons (Fsp3) is 0.700. The highest BCUT2D eigenvalue weighted by Crippen LogP contribution is 2.37. The van der Waals surface area contributed by atoms with Gasteiger partial charge in [-0.3, -0.25) is 14.7 Å². The third kappa shape index (κ3) is 4.43. The second-order valence-corrected chi connectivity index (χ2v) is 7.50. The van der Waals surface area contributed by atoms with E-state index in [0.29, 0.717) is 28.8 Å². The van der Waals surface area contributed by atoms with E-state index in [-0.39, 0.29) is 24.2 Å². The van der Waals surface area contributed by atoms with Gasteiger partial charge in [-0.1, -0.05) is 41.5 Å². The number of rotatable bonds is 5. The molecule has 1 amide bonds. The number of imidazole rings is 1. The average molecular weight is 391 g/mol. The summed E-state index contributed by atoms with van der Waals surface area (Å²) in [6.07, 6.45) is 3.91. The molecular formula is C20H34N6O2. The number of nitrogens with zero attached hydrogens (tertiary/aromatic N) is 5. The number of carbonyl (C=O) groups is 1. The van der Waals surface area contributed by atoms with Crippen molar-refractivity contribution in [1.29, 1.82) is 0 Å². The molecular weight excluding hydrogens is 356 g/mol. The van der Waals surface area contributed by atoms with Crippen molar-refractivity contribution in [2.75, 3.05) is 24.3 Å².